The number of amides is 1. The highest BCUT2D eigenvalue weighted by Gasteiger charge is 2.24. The molecule has 0 saturated carbocycles. The minimum absolute atomic E-state index is 0.207. The molecule has 3 N–H and O–H groups in total. The van der Waals surface area contributed by atoms with Crippen molar-refractivity contribution in [1.29, 1.82) is 0 Å². The third-order valence-corrected chi connectivity index (χ3v) is 3.10. The summed E-state index contributed by atoms with van der Waals surface area (Å²) in [5, 5.41) is 21.0. The average molecular weight is 300 g/mol. The van der Waals surface area contributed by atoms with E-state index in [-0.39, 0.29) is 12.3 Å². The summed E-state index contributed by atoms with van der Waals surface area (Å²) in [6.45, 7) is 1.33. The van der Waals surface area contributed by atoms with E-state index in [2.05, 4.69) is 5.32 Å². The molecule has 1 aromatic carbocycles. The highest BCUT2D eigenvalue weighted by Crippen LogP contribution is 2.11. The van der Waals surface area contributed by atoms with Crippen molar-refractivity contribution in [3.05, 3.63) is 34.9 Å². The Bertz CT molecular complexity index is 459. The van der Waals surface area contributed by atoms with E-state index in [0.29, 0.717) is 17.9 Å². The van der Waals surface area contributed by atoms with Crippen LogP contribution in [0, 0.1) is 0 Å². The lowest BCUT2D eigenvalue weighted by Gasteiger charge is -2.16. The summed E-state index contributed by atoms with van der Waals surface area (Å²) in [5.41, 5.74) is 1.06. The number of aliphatic hydroxyl groups excluding tert-OH is 1. The van der Waals surface area contributed by atoms with Crippen LogP contribution in [-0.2, 0) is 16.0 Å². The predicted octanol–water partition coefficient (Wildman–Crippen LogP) is 1.61. The minimum atomic E-state index is -1.27. The van der Waals surface area contributed by atoms with Crippen LogP contribution in [-0.4, -0.2) is 34.2 Å². The zero-order valence-electron chi connectivity index (χ0n) is 11.2. The van der Waals surface area contributed by atoms with Crippen LogP contribution < -0.4 is 5.32 Å². The van der Waals surface area contributed by atoms with E-state index in [0.717, 1.165) is 5.56 Å². The van der Waals surface area contributed by atoms with E-state index in [1.807, 2.05) is 12.1 Å². The van der Waals surface area contributed by atoms with Gasteiger partial charge in [0.2, 0.25) is 5.91 Å². The van der Waals surface area contributed by atoms with Crippen molar-refractivity contribution >= 4 is 23.5 Å². The van der Waals surface area contributed by atoms with E-state index in [1.54, 1.807) is 12.1 Å². The fraction of sp³-hybridized carbons (Fsp3) is 0.429. The molecule has 20 heavy (non-hydrogen) atoms. The Hall–Kier alpha value is -1.59. The van der Waals surface area contributed by atoms with E-state index >= 15 is 0 Å². The first-order valence-electron chi connectivity index (χ1n) is 6.35. The highest BCUT2D eigenvalue weighted by molar-refractivity contribution is 6.30. The maximum absolute atomic E-state index is 11.6. The van der Waals surface area contributed by atoms with Gasteiger partial charge in [0.1, 0.15) is 0 Å². The van der Waals surface area contributed by atoms with Gasteiger partial charge in [-0.05, 0) is 37.5 Å². The number of benzene rings is 1. The van der Waals surface area contributed by atoms with Crippen LogP contribution in [0.25, 0.3) is 0 Å². The molecule has 0 aromatic heterocycles. The number of carboxylic acid groups (broad SMARTS) is 1. The second-order valence-electron chi connectivity index (χ2n) is 4.60. The second-order valence-corrected chi connectivity index (χ2v) is 5.04. The van der Waals surface area contributed by atoms with Crippen molar-refractivity contribution in [2.45, 2.75) is 38.3 Å². The summed E-state index contributed by atoms with van der Waals surface area (Å²) in [7, 11) is 0. The van der Waals surface area contributed by atoms with Crippen LogP contribution in [0.3, 0.4) is 0 Å². The molecule has 0 radical (unpaired) electrons. The number of hydrogen-bond acceptors (Lipinski definition) is 3. The highest BCUT2D eigenvalue weighted by atomic mass is 35.5. The van der Waals surface area contributed by atoms with Crippen molar-refractivity contribution in [3.63, 3.8) is 0 Å². The Balaban J connectivity index is 2.36. The number of rotatable bonds is 7. The molecule has 1 amide bonds. The molecule has 0 fully saturated rings. The van der Waals surface area contributed by atoms with Gasteiger partial charge in [-0.25, -0.2) is 4.79 Å². The fourth-order valence-electron chi connectivity index (χ4n) is 1.74. The summed E-state index contributed by atoms with van der Waals surface area (Å²) in [6, 6.07) is 6.07. The van der Waals surface area contributed by atoms with Crippen molar-refractivity contribution in [1.82, 2.24) is 5.32 Å². The van der Waals surface area contributed by atoms with Crippen molar-refractivity contribution in [3.8, 4) is 0 Å². The molecule has 0 aliphatic rings. The summed E-state index contributed by atoms with van der Waals surface area (Å²) in [5.74, 6) is -1.63. The third-order valence-electron chi connectivity index (χ3n) is 2.85. The van der Waals surface area contributed by atoms with Gasteiger partial charge in [-0.2, -0.15) is 0 Å². The predicted molar refractivity (Wildman–Crippen MR) is 75.6 cm³/mol. The maximum Gasteiger partial charge on any atom is 0.328 e. The van der Waals surface area contributed by atoms with Crippen LogP contribution in [0.1, 0.15) is 25.3 Å². The third kappa shape index (κ3) is 5.59. The van der Waals surface area contributed by atoms with Gasteiger partial charge in [0.15, 0.2) is 6.04 Å². The van der Waals surface area contributed by atoms with Gasteiger partial charge in [-0.15, -0.1) is 0 Å². The largest absolute Gasteiger partial charge is 0.480 e. The lowest BCUT2D eigenvalue weighted by atomic mass is 10.1. The number of carbonyl (C=O) groups is 2. The summed E-state index contributed by atoms with van der Waals surface area (Å²) >= 11 is 5.77. The molecule has 0 aliphatic carbocycles. The molecule has 1 aromatic rings. The Kier molecular flexibility index (Phi) is 6.48. The SMILES string of the molecule is CC(O)C(NC(=O)CCCc1ccc(Cl)cc1)C(=O)O. The number of carboxylic acids is 1. The number of halogens is 1. The smallest absolute Gasteiger partial charge is 0.328 e. The van der Waals surface area contributed by atoms with Crippen molar-refractivity contribution in [2.24, 2.45) is 0 Å². The Morgan fingerprint density at radius 1 is 1.30 bits per heavy atom. The van der Waals surface area contributed by atoms with Crippen molar-refractivity contribution in [2.75, 3.05) is 0 Å². The van der Waals surface area contributed by atoms with E-state index in [1.165, 1.54) is 6.92 Å². The van der Waals surface area contributed by atoms with E-state index in [9.17, 15) is 14.7 Å². The number of aliphatic carboxylic acids is 1. The summed E-state index contributed by atoms with van der Waals surface area (Å²) < 4.78 is 0. The molecule has 0 saturated heterocycles. The van der Waals surface area contributed by atoms with Crippen LogP contribution in [0.15, 0.2) is 24.3 Å². The average Bonchev–Trinajstić information content (AvgIpc) is 2.37. The Morgan fingerprint density at radius 2 is 1.90 bits per heavy atom. The minimum Gasteiger partial charge on any atom is -0.480 e. The Labute approximate surface area is 122 Å². The maximum atomic E-state index is 11.6. The standard InChI is InChI=1S/C14H18ClNO4/c1-9(17)13(14(19)20)16-12(18)4-2-3-10-5-7-11(15)8-6-10/h5-9,13,17H,2-4H2,1H3,(H,16,18)(H,19,20). The number of aliphatic hydroxyl groups is 1. The van der Waals surface area contributed by atoms with Gasteiger partial charge in [-0.3, -0.25) is 4.79 Å². The summed E-state index contributed by atoms with van der Waals surface area (Å²) in [6.07, 6.45) is 0.378. The van der Waals surface area contributed by atoms with Crippen LogP contribution in [0.4, 0.5) is 0 Å². The van der Waals surface area contributed by atoms with Gasteiger partial charge in [0.25, 0.3) is 0 Å². The van der Waals surface area contributed by atoms with Gasteiger partial charge < -0.3 is 15.5 Å². The molecular formula is C14H18ClNO4. The molecular weight excluding hydrogens is 282 g/mol. The van der Waals surface area contributed by atoms with Crippen LogP contribution >= 0.6 is 11.6 Å². The fourth-order valence-corrected chi connectivity index (χ4v) is 1.86. The molecule has 2 atom stereocenters. The molecule has 0 heterocycles. The number of carbonyl (C=O) groups excluding carboxylic acids is 1. The number of hydrogen-bond donors (Lipinski definition) is 3. The zero-order chi connectivity index (χ0) is 15.1. The monoisotopic (exact) mass is 299 g/mol. The molecule has 0 spiro atoms. The quantitative estimate of drug-likeness (QED) is 0.714. The lowest BCUT2D eigenvalue weighted by Crippen LogP contribution is -2.47. The molecule has 1 rings (SSSR count). The van der Waals surface area contributed by atoms with Gasteiger partial charge >= 0.3 is 5.97 Å². The molecule has 5 nitrogen and oxygen atoms in total. The van der Waals surface area contributed by atoms with Gasteiger partial charge in [-0.1, -0.05) is 23.7 Å². The lowest BCUT2D eigenvalue weighted by molar-refractivity contribution is -0.144. The van der Waals surface area contributed by atoms with Crippen molar-refractivity contribution < 1.29 is 19.8 Å². The normalized spacial score (nSPS) is 13.6. The molecule has 0 bridgehead atoms. The number of nitrogens with one attached hydrogen (secondary N) is 1. The summed E-state index contributed by atoms with van der Waals surface area (Å²) in [4.78, 5) is 22.4. The topological polar surface area (TPSA) is 86.6 Å². The van der Waals surface area contributed by atoms with Gasteiger partial charge in [0, 0.05) is 11.4 Å². The van der Waals surface area contributed by atoms with Crippen LogP contribution in [0.2, 0.25) is 5.02 Å². The first-order valence-corrected chi connectivity index (χ1v) is 6.72. The van der Waals surface area contributed by atoms with Crippen LogP contribution in [0.5, 0.6) is 0 Å². The molecule has 110 valence electrons. The molecule has 6 heteroatoms. The van der Waals surface area contributed by atoms with E-state index in [4.69, 9.17) is 16.7 Å². The Morgan fingerprint density at radius 3 is 2.40 bits per heavy atom. The van der Waals surface area contributed by atoms with E-state index < -0.39 is 18.1 Å². The first-order chi connectivity index (χ1) is 9.40. The zero-order valence-corrected chi connectivity index (χ0v) is 11.9. The molecule has 0 aliphatic heterocycles. The second kappa shape index (κ2) is 7.87. The first kappa shape index (κ1) is 16.5. The number of aryl methyl sites for hydroxylation is 1. The molecule has 2 unspecified atom stereocenters. The van der Waals surface area contributed by atoms with Gasteiger partial charge in [0.05, 0.1) is 6.10 Å².